The van der Waals surface area contributed by atoms with Gasteiger partial charge >= 0.3 is 0 Å². The third-order valence-corrected chi connectivity index (χ3v) is 9.69. The van der Waals surface area contributed by atoms with Crippen LogP contribution in [0.25, 0.3) is 5.57 Å². The zero-order valence-electron chi connectivity index (χ0n) is 30.0. The first-order valence-electron chi connectivity index (χ1n) is 16.4. The second-order valence-corrected chi connectivity index (χ2v) is 14.7. The molecule has 16 heteroatoms. The molecule has 0 amide bonds. The van der Waals surface area contributed by atoms with Crippen LogP contribution in [0.5, 0.6) is 5.75 Å². The number of rotatable bonds is 17. The first kappa shape index (κ1) is 42.3. The fraction of sp³-hybridized carbons (Fsp3) is 0.378. The van der Waals surface area contributed by atoms with E-state index in [9.17, 15) is 62.5 Å². The van der Waals surface area contributed by atoms with Crippen LogP contribution in [0.2, 0.25) is 0 Å². The fourth-order valence-electron chi connectivity index (χ4n) is 6.29. The average molecular weight is 752 g/mol. The fourth-order valence-corrected chi connectivity index (χ4v) is 6.98. The highest BCUT2D eigenvalue weighted by atomic mass is 32.2. The number of aliphatic carboxylic acids is 4. The molecule has 0 atom stereocenters. The van der Waals surface area contributed by atoms with Gasteiger partial charge in [0.15, 0.2) is 5.78 Å². The topological polar surface area (TPSA) is 261 Å². The highest BCUT2D eigenvalue weighted by molar-refractivity contribution is 7.85. The number of carbonyl (C=O) groups excluding carboxylic acids is 5. The summed E-state index contributed by atoms with van der Waals surface area (Å²) in [5.74, 6) is -8.24. The second-order valence-electron chi connectivity index (χ2n) is 13.3. The Hall–Kier alpha value is -5.16. The predicted molar refractivity (Wildman–Crippen MR) is 180 cm³/mol. The van der Waals surface area contributed by atoms with Gasteiger partial charge in [-0.3, -0.25) is 14.6 Å². The molecule has 0 saturated carbocycles. The number of carboxylic acid groups (broad SMARTS) is 4. The van der Waals surface area contributed by atoms with E-state index in [0.29, 0.717) is 0 Å². The molecular weight excluding hydrogens is 712 g/mol. The van der Waals surface area contributed by atoms with Crippen LogP contribution in [0.4, 0.5) is 0 Å². The molecule has 15 nitrogen and oxygen atoms in total. The van der Waals surface area contributed by atoms with Gasteiger partial charge in [-0.25, -0.2) is 8.42 Å². The molecule has 3 rings (SSSR count). The van der Waals surface area contributed by atoms with Crippen molar-refractivity contribution in [2.75, 3.05) is 32.7 Å². The van der Waals surface area contributed by atoms with Crippen molar-refractivity contribution >= 4 is 45.4 Å². The van der Waals surface area contributed by atoms with E-state index in [1.807, 2.05) is 0 Å². The first-order chi connectivity index (χ1) is 24.5. The van der Waals surface area contributed by atoms with Crippen LogP contribution < -0.4 is 20.4 Å². The van der Waals surface area contributed by atoms with Gasteiger partial charge in [0.25, 0.3) is 0 Å². The minimum Gasteiger partial charge on any atom is -0.744 e. The lowest BCUT2D eigenvalue weighted by molar-refractivity contribution is -0.313. The van der Waals surface area contributed by atoms with Crippen LogP contribution in [-0.4, -0.2) is 90.3 Å². The van der Waals surface area contributed by atoms with Crippen molar-refractivity contribution in [1.82, 2.24) is 9.80 Å². The lowest BCUT2D eigenvalue weighted by Gasteiger charge is -2.31. The summed E-state index contributed by atoms with van der Waals surface area (Å²) in [6, 6.07) is 6.78. The van der Waals surface area contributed by atoms with Crippen molar-refractivity contribution in [2.24, 2.45) is 5.92 Å². The Morgan fingerprint density at radius 3 is 1.72 bits per heavy atom. The van der Waals surface area contributed by atoms with E-state index in [2.05, 4.69) is 0 Å². The molecule has 0 aliphatic heterocycles. The number of hydrogen-bond donors (Lipinski definition) is 1. The maximum atomic E-state index is 14.0. The third-order valence-electron chi connectivity index (χ3n) is 8.79. The highest BCUT2D eigenvalue weighted by Crippen LogP contribution is 2.44. The molecule has 1 aliphatic carbocycles. The number of aromatic hydroxyl groups is 1. The number of phenols is 1. The minimum atomic E-state index is -5.19. The number of nitrogens with zero attached hydrogens (tertiary/aromatic N) is 2. The second kappa shape index (κ2) is 17.1. The number of carbonyl (C=O) groups is 5. The van der Waals surface area contributed by atoms with Gasteiger partial charge in [-0.05, 0) is 77.3 Å². The summed E-state index contributed by atoms with van der Waals surface area (Å²) in [5.41, 5.74) is 1.21. The van der Waals surface area contributed by atoms with E-state index in [1.165, 1.54) is 38.1 Å². The maximum absolute atomic E-state index is 14.0. The molecule has 0 spiro atoms. The zero-order valence-corrected chi connectivity index (χ0v) is 30.8. The van der Waals surface area contributed by atoms with Gasteiger partial charge in [0.2, 0.25) is 0 Å². The zero-order chi connectivity index (χ0) is 40.1. The smallest absolute Gasteiger partial charge is 0.186 e. The normalized spacial score (nSPS) is 14.7. The minimum absolute atomic E-state index is 0.0384. The molecule has 2 aromatic carbocycles. The van der Waals surface area contributed by atoms with Crippen molar-refractivity contribution < 1.29 is 62.5 Å². The number of benzene rings is 2. The molecule has 0 saturated heterocycles. The van der Waals surface area contributed by atoms with Crippen molar-refractivity contribution in [1.29, 1.82) is 0 Å². The molecule has 0 fully saturated rings. The Morgan fingerprint density at radius 1 is 0.774 bits per heavy atom. The van der Waals surface area contributed by atoms with E-state index in [1.54, 1.807) is 33.8 Å². The van der Waals surface area contributed by atoms with Crippen molar-refractivity contribution in [3.63, 3.8) is 0 Å². The summed E-state index contributed by atoms with van der Waals surface area (Å²) in [7, 11) is -5.19. The number of ketones is 1. The van der Waals surface area contributed by atoms with Gasteiger partial charge in [0, 0.05) is 61.5 Å². The molecule has 2 aromatic rings. The lowest BCUT2D eigenvalue weighted by Crippen LogP contribution is -2.45. The molecule has 53 heavy (non-hydrogen) atoms. The van der Waals surface area contributed by atoms with Crippen LogP contribution in [-0.2, 0) is 40.6 Å². The van der Waals surface area contributed by atoms with Gasteiger partial charge in [-0.2, -0.15) is 0 Å². The molecule has 0 radical (unpaired) electrons. The van der Waals surface area contributed by atoms with Crippen molar-refractivity contribution in [3.05, 3.63) is 86.5 Å². The summed E-state index contributed by atoms with van der Waals surface area (Å²) in [5, 5.41) is 57.7. The summed E-state index contributed by atoms with van der Waals surface area (Å²) < 4.78 is 38.3. The summed E-state index contributed by atoms with van der Waals surface area (Å²) in [6.45, 7) is 5.40. The highest BCUT2D eigenvalue weighted by Gasteiger charge is 2.32. The Bertz CT molecular complexity index is 2010. The van der Waals surface area contributed by atoms with Gasteiger partial charge in [-0.1, -0.05) is 45.9 Å². The summed E-state index contributed by atoms with van der Waals surface area (Å²) in [4.78, 5) is 61.4. The summed E-state index contributed by atoms with van der Waals surface area (Å²) in [6.07, 6.45) is 1.50. The Kier molecular flexibility index (Phi) is 13.6. The Morgan fingerprint density at radius 2 is 1.26 bits per heavy atom. The van der Waals surface area contributed by atoms with Gasteiger partial charge in [0.05, 0.1) is 28.8 Å². The van der Waals surface area contributed by atoms with E-state index in [4.69, 9.17) is 0 Å². The first-order valence-corrected chi connectivity index (χ1v) is 17.8. The number of carboxylic acids is 4. The summed E-state index contributed by atoms with van der Waals surface area (Å²) >= 11 is 0. The third kappa shape index (κ3) is 10.3. The quantitative estimate of drug-likeness (QED) is 0.173. The molecule has 0 bridgehead atoms. The van der Waals surface area contributed by atoms with E-state index < -0.39 is 95.8 Å². The molecule has 1 aliphatic rings. The number of allylic oxidation sites excluding steroid dienone is 4. The van der Waals surface area contributed by atoms with Crippen LogP contribution in [0.15, 0.2) is 63.6 Å². The maximum Gasteiger partial charge on any atom is 0.186 e. The lowest BCUT2D eigenvalue weighted by atomic mass is 9.77. The van der Waals surface area contributed by atoms with Crippen LogP contribution in [0.1, 0.15) is 68.4 Å². The average Bonchev–Trinajstić information content (AvgIpc) is 3.01. The van der Waals surface area contributed by atoms with Crippen molar-refractivity contribution in [3.8, 4) is 5.75 Å². The largest absolute Gasteiger partial charge is 0.744 e. The SMILES string of the molecule is CC1=C(CN(CC(=O)[O-])CC(=O)[O-])C(=O)C(C(C)C)=CC1=C(c1ccccc1S(=O)(=O)[O-])c1cc(C(C)C)c(O)c(CN(CC(=O)[O-])CC(=O)[O-])c1C. The van der Waals surface area contributed by atoms with Gasteiger partial charge in [-0.15, -0.1) is 0 Å². The number of Topliss-reactive ketones (excluding diaryl/α,β-unsaturated/α-hetero) is 1. The van der Waals surface area contributed by atoms with Gasteiger partial charge in [0.1, 0.15) is 15.9 Å². The molecule has 0 heterocycles. The molecular formula is C37H39N2O13S-5. The van der Waals surface area contributed by atoms with Crippen LogP contribution in [0, 0.1) is 12.8 Å². The van der Waals surface area contributed by atoms with E-state index in [-0.39, 0.29) is 61.4 Å². The van der Waals surface area contributed by atoms with Gasteiger partial charge < -0.3 is 49.3 Å². The monoisotopic (exact) mass is 751 g/mol. The molecule has 0 unspecified atom stereocenters. The number of hydrogen-bond acceptors (Lipinski definition) is 15. The molecule has 0 aromatic heterocycles. The van der Waals surface area contributed by atoms with E-state index in [0.717, 1.165) is 15.9 Å². The standard InChI is InChI=1S/C37H44N2O13S/c1-19(2)24-11-26(21(5)28(36(24)48)13-38(15-31(40)41)16-32(42)43)35(23-9-7-8-10-30(23)53(50,51)52)27-12-25(20(3)4)37(49)29(22(27)6)14-39(17-33(44)45)18-34(46)47/h7-12,19-20,48H,13-18H2,1-6H3,(H,40,41)(H,42,43)(H,44,45)(H,46,47)(H,50,51,52)/p-5. The molecule has 1 N–H and O–H groups in total. The Balaban J connectivity index is 2.64. The predicted octanol–water partition coefficient (Wildman–Crippen LogP) is -1.88. The molecule has 286 valence electrons. The van der Waals surface area contributed by atoms with E-state index >= 15 is 0 Å². The van der Waals surface area contributed by atoms with Crippen LogP contribution in [0.3, 0.4) is 0 Å². The Labute approximate surface area is 306 Å². The number of phenolic OH excluding ortho intramolecular Hbond substituents is 1. The van der Waals surface area contributed by atoms with Crippen LogP contribution >= 0.6 is 0 Å². The van der Waals surface area contributed by atoms with Crippen molar-refractivity contribution in [2.45, 2.75) is 58.9 Å².